The molecule has 6 heteroatoms. The summed E-state index contributed by atoms with van der Waals surface area (Å²) in [6, 6.07) is 4.36. The molecule has 19 heavy (non-hydrogen) atoms. The molecular weight excluding hydrogens is 313 g/mol. The lowest BCUT2D eigenvalue weighted by atomic mass is 10.3. The lowest BCUT2D eigenvalue weighted by molar-refractivity contribution is 0.151. The van der Waals surface area contributed by atoms with E-state index >= 15 is 0 Å². The maximum atomic E-state index is 13.6. The molecule has 1 saturated heterocycles. The van der Waals surface area contributed by atoms with E-state index in [1.54, 1.807) is 17.0 Å². The molecule has 0 radical (unpaired) electrons. The van der Waals surface area contributed by atoms with Gasteiger partial charge in [-0.3, -0.25) is 0 Å². The van der Waals surface area contributed by atoms with E-state index in [1.807, 2.05) is 0 Å². The Morgan fingerprint density at radius 3 is 2.63 bits per heavy atom. The van der Waals surface area contributed by atoms with Crippen molar-refractivity contribution in [3.8, 4) is 0 Å². The lowest BCUT2D eigenvalue weighted by Gasteiger charge is -2.34. The molecule has 2 amide bonds. The third kappa shape index (κ3) is 3.67. The van der Waals surface area contributed by atoms with Crippen molar-refractivity contribution in [2.24, 2.45) is 0 Å². The van der Waals surface area contributed by atoms with E-state index < -0.39 is 5.82 Å². The van der Waals surface area contributed by atoms with Gasteiger partial charge in [-0.15, -0.1) is 0 Å². The Kier molecular flexibility index (Phi) is 4.76. The molecule has 0 aliphatic carbocycles. The number of benzene rings is 1. The van der Waals surface area contributed by atoms with Gasteiger partial charge in [-0.1, -0.05) is 22.9 Å². The molecule has 1 aliphatic heterocycles. The number of carbonyl (C=O) groups is 1. The zero-order valence-electron chi connectivity index (χ0n) is 10.8. The van der Waals surface area contributed by atoms with Crippen molar-refractivity contribution in [3.05, 3.63) is 28.5 Å². The molecule has 1 aromatic rings. The fourth-order valence-electron chi connectivity index (χ4n) is 2.05. The van der Waals surface area contributed by atoms with E-state index in [9.17, 15) is 9.18 Å². The normalized spacial score (nSPS) is 16.5. The summed E-state index contributed by atoms with van der Waals surface area (Å²) in [5.74, 6) is -0.435. The molecule has 4 nitrogen and oxygen atoms in total. The van der Waals surface area contributed by atoms with Gasteiger partial charge < -0.3 is 15.1 Å². The van der Waals surface area contributed by atoms with E-state index in [1.165, 1.54) is 6.07 Å². The molecular formula is C13H17BrFN3O. The number of rotatable bonds is 2. The summed E-state index contributed by atoms with van der Waals surface area (Å²) in [5, 5.41) is 2.61. The van der Waals surface area contributed by atoms with Crippen LogP contribution in [-0.2, 0) is 0 Å². The minimum Gasteiger partial charge on any atom is -0.322 e. The van der Waals surface area contributed by atoms with Gasteiger partial charge in [0.2, 0.25) is 0 Å². The van der Waals surface area contributed by atoms with Gasteiger partial charge >= 0.3 is 6.03 Å². The minimum absolute atomic E-state index is 0.214. The van der Waals surface area contributed by atoms with Crippen LogP contribution in [0.3, 0.4) is 0 Å². The number of carbonyl (C=O) groups excluding carboxylic acids is 1. The third-order valence-electron chi connectivity index (χ3n) is 3.28. The summed E-state index contributed by atoms with van der Waals surface area (Å²) >= 11 is 3.18. The van der Waals surface area contributed by atoms with Gasteiger partial charge in [-0.05, 0) is 24.7 Å². The van der Waals surface area contributed by atoms with Crippen LogP contribution >= 0.6 is 15.9 Å². The first-order chi connectivity index (χ1) is 9.10. The first-order valence-electron chi connectivity index (χ1n) is 6.33. The van der Waals surface area contributed by atoms with E-state index in [2.05, 4.69) is 33.1 Å². The van der Waals surface area contributed by atoms with Crippen molar-refractivity contribution >= 4 is 27.6 Å². The van der Waals surface area contributed by atoms with Crippen molar-refractivity contribution in [2.75, 3.05) is 38.0 Å². The SMILES string of the molecule is CCN1CCN(C(=O)Nc2ccc(Br)cc2F)CC1. The fourth-order valence-corrected chi connectivity index (χ4v) is 2.39. The number of piperazine rings is 1. The standard InChI is InChI=1S/C13H17BrFN3O/c1-2-17-5-7-18(8-6-17)13(19)16-12-4-3-10(14)9-11(12)15/h3-4,9H,2,5-8H2,1H3,(H,16,19). The number of hydrogen-bond acceptors (Lipinski definition) is 2. The van der Waals surface area contributed by atoms with Crippen molar-refractivity contribution < 1.29 is 9.18 Å². The highest BCUT2D eigenvalue weighted by Crippen LogP contribution is 2.19. The van der Waals surface area contributed by atoms with Crippen LogP contribution in [0.5, 0.6) is 0 Å². The highest BCUT2D eigenvalue weighted by molar-refractivity contribution is 9.10. The summed E-state index contributed by atoms with van der Waals surface area (Å²) in [4.78, 5) is 16.0. The quantitative estimate of drug-likeness (QED) is 0.905. The third-order valence-corrected chi connectivity index (χ3v) is 3.77. The number of nitrogens with zero attached hydrogens (tertiary/aromatic N) is 2. The van der Waals surface area contributed by atoms with Crippen LogP contribution in [0.2, 0.25) is 0 Å². The molecule has 0 saturated carbocycles. The second kappa shape index (κ2) is 6.34. The predicted molar refractivity (Wildman–Crippen MR) is 76.8 cm³/mol. The van der Waals surface area contributed by atoms with Gasteiger partial charge in [-0.2, -0.15) is 0 Å². The van der Waals surface area contributed by atoms with Crippen LogP contribution in [0.15, 0.2) is 22.7 Å². The Balaban J connectivity index is 1.94. The topological polar surface area (TPSA) is 35.6 Å². The number of urea groups is 1. The second-order valence-corrected chi connectivity index (χ2v) is 5.39. The Morgan fingerprint density at radius 1 is 1.37 bits per heavy atom. The first-order valence-corrected chi connectivity index (χ1v) is 7.12. The summed E-state index contributed by atoms with van der Waals surface area (Å²) in [7, 11) is 0. The number of anilines is 1. The molecule has 1 fully saturated rings. The maximum Gasteiger partial charge on any atom is 0.322 e. The number of likely N-dealkylation sites (N-methyl/N-ethyl adjacent to an activating group) is 1. The first kappa shape index (κ1) is 14.3. The van der Waals surface area contributed by atoms with E-state index in [0.29, 0.717) is 17.6 Å². The molecule has 2 rings (SSSR count). The highest BCUT2D eigenvalue weighted by atomic mass is 79.9. The summed E-state index contributed by atoms with van der Waals surface area (Å²) in [5.41, 5.74) is 0.214. The van der Waals surface area contributed by atoms with Crippen LogP contribution in [0.1, 0.15) is 6.92 Å². The van der Waals surface area contributed by atoms with E-state index in [0.717, 1.165) is 19.6 Å². The second-order valence-electron chi connectivity index (χ2n) is 4.48. The Hall–Kier alpha value is -1.14. The molecule has 0 spiro atoms. The average molecular weight is 330 g/mol. The van der Waals surface area contributed by atoms with Crippen molar-refractivity contribution in [3.63, 3.8) is 0 Å². The van der Waals surface area contributed by atoms with Crippen LogP contribution in [0, 0.1) is 5.82 Å². The molecule has 1 aliphatic rings. The van der Waals surface area contributed by atoms with Gasteiger partial charge in [0.15, 0.2) is 0 Å². The van der Waals surface area contributed by atoms with Crippen molar-refractivity contribution in [1.82, 2.24) is 9.80 Å². The summed E-state index contributed by atoms with van der Waals surface area (Å²) in [6.07, 6.45) is 0. The Labute approximate surface area is 120 Å². The maximum absolute atomic E-state index is 13.6. The van der Waals surface area contributed by atoms with E-state index in [-0.39, 0.29) is 11.7 Å². The highest BCUT2D eigenvalue weighted by Gasteiger charge is 2.20. The van der Waals surface area contributed by atoms with Crippen molar-refractivity contribution in [1.29, 1.82) is 0 Å². The zero-order chi connectivity index (χ0) is 13.8. The van der Waals surface area contributed by atoms with Crippen LogP contribution in [0.25, 0.3) is 0 Å². The summed E-state index contributed by atoms with van der Waals surface area (Å²) < 4.78 is 14.3. The van der Waals surface area contributed by atoms with E-state index in [4.69, 9.17) is 0 Å². The number of hydrogen-bond donors (Lipinski definition) is 1. The largest absolute Gasteiger partial charge is 0.322 e. The van der Waals surface area contributed by atoms with Crippen LogP contribution in [-0.4, -0.2) is 48.6 Å². The Bertz CT molecular complexity index is 461. The monoisotopic (exact) mass is 329 g/mol. The summed E-state index contributed by atoms with van der Waals surface area (Å²) in [6.45, 7) is 6.19. The molecule has 104 valence electrons. The Morgan fingerprint density at radius 2 is 2.05 bits per heavy atom. The zero-order valence-corrected chi connectivity index (χ0v) is 12.4. The number of nitrogens with one attached hydrogen (secondary N) is 1. The number of amides is 2. The fraction of sp³-hybridized carbons (Fsp3) is 0.462. The predicted octanol–water partition coefficient (Wildman–Crippen LogP) is 2.76. The van der Waals surface area contributed by atoms with Crippen molar-refractivity contribution in [2.45, 2.75) is 6.92 Å². The molecule has 0 aromatic heterocycles. The average Bonchev–Trinajstić information content (AvgIpc) is 2.42. The molecule has 1 aromatic carbocycles. The van der Waals surface area contributed by atoms with Crippen LogP contribution in [0.4, 0.5) is 14.9 Å². The van der Waals surface area contributed by atoms with Gasteiger partial charge in [0.25, 0.3) is 0 Å². The number of halogens is 2. The van der Waals surface area contributed by atoms with Gasteiger partial charge in [-0.25, -0.2) is 9.18 Å². The minimum atomic E-state index is -0.435. The smallest absolute Gasteiger partial charge is 0.322 e. The molecule has 0 unspecified atom stereocenters. The molecule has 1 heterocycles. The van der Waals surface area contributed by atoms with Gasteiger partial charge in [0.1, 0.15) is 5.82 Å². The molecule has 0 bridgehead atoms. The molecule has 1 N–H and O–H groups in total. The van der Waals surface area contributed by atoms with Gasteiger partial charge in [0, 0.05) is 30.7 Å². The lowest BCUT2D eigenvalue weighted by Crippen LogP contribution is -2.49. The van der Waals surface area contributed by atoms with Gasteiger partial charge in [0.05, 0.1) is 5.69 Å². The van der Waals surface area contributed by atoms with Crippen LogP contribution < -0.4 is 5.32 Å². The molecule has 0 atom stereocenters.